The van der Waals surface area contributed by atoms with Crippen molar-refractivity contribution in [3.8, 4) is 0 Å². The van der Waals surface area contributed by atoms with Crippen LogP contribution in [-0.2, 0) is 6.54 Å². The molecule has 0 amide bonds. The Labute approximate surface area is 114 Å². The predicted octanol–water partition coefficient (Wildman–Crippen LogP) is 2.99. The average Bonchev–Trinajstić information content (AvgIpc) is 3.06. The Hall–Kier alpha value is -2.11. The van der Waals surface area contributed by atoms with Crippen LogP contribution in [0.5, 0.6) is 0 Å². The molecule has 2 heterocycles. The van der Waals surface area contributed by atoms with Crippen molar-refractivity contribution in [1.29, 1.82) is 0 Å². The molecule has 0 aliphatic heterocycles. The number of rotatable bonds is 5. The van der Waals surface area contributed by atoms with Gasteiger partial charge in [0.2, 0.25) is 0 Å². The third-order valence-corrected chi connectivity index (χ3v) is 3.04. The van der Waals surface area contributed by atoms with Crippen molar-refractivity contribution in [3.63, 3.8) is 0 Å². The molecule has 1 aromatic carbocycles. The molecule has 20 heavy (non-hydrogen) atoms. The Balaban J connectivity index is 1.60. The second-order valence-electron chi connectivity index (χ2n) is 4.56. The lowest BCUT2D eigenvalue weighted by atomic mass is 10.2. The van der Waals surface area contributed by atoms with E-state index in [2.05, 4.69) is 5.32 Å². The molecule has 3 rings (SSSR count). The number of hydrogen-bond acceptors (Lipinski definition) is 4. The molecule has 0 aliphatic carbocycles. The fraction of sp³-hybridized carbons (Fsp3) is 0.200. The molecule has 0 saturated carbocycles. The van der Waals surface area contributed by atoms with Gasteiger partial charge in [-0.15, -0.1) is 0 Å². The lowest BCUT2D eigenvalue weighted by molar-refractivity contribution is 0.146. The van der Waals surface area contributed by atoms with Gasteiger partial charge in [0.25, 0.3) is 0 Å². The normalized spacial score (nSPS) is 12.9. The van der Waals surface area contributed by atoms with E-state index in [1.54, 1.807) is 24.3 Å². The van der Waals surface area contributed by atoms with E-state index >= 15 is 0 Å². The molecule has 0 bridgehead atoms. The Morgan fingerprint density at radius 1 is 1.25 bits per heavy atom. The van der Waals surface area contributed by atoms with Crippen LogP contribution in [0.3, 0.4) is 0 Å². The van der Waals surface area contributed by atoms with E-state index in [0.29, 0.717) is 30.2 Å². The summed E-state index contributed by atoms with van der Waals surface area (Å²) in [5.41, 5.74) is 0.648. The highest BCUT2D eigenvalue weighted by molar-refractivity contribution is 5.77. The van der Waals surface area contributed by atoms with E-state index in [9.17, 15) is 9.50 Å². The van der Waals surface area contributed by atoms with Crippen molar-refractivity contribution >= 4 is 11.0 Å². The number of nitrogens with one attached hydrogen (secondary N) is 1. The number of furan rings is 2. The molecule has 3 aromatic rings. The minimum atomic E-state index is -0.702. The number of benzene rings is 1. The highest BCUT2D eigenvalue weighted by atomic mass is 19.1. The largest absolute Gasteiger partial charge is 0.467 e. The van der Waals surface area contributed by atoms with Crippen molar-refractivity contribution in [2.75, 3.05) is 6.54 Å². The Morgan fingerprint density at radius 2 is 2.15 bits per heavy atom. The van der Waals surface area contributed by atoms with E-state index < -0.39 is 6.10 Å². The summed E-state index contributed by atoms with van der Waals surface area (Å²) in [5, 5.41) is 13.6. The molecule has 4 nitrogen and oxygen atoms in total. The van der Waals surface area contributed by atoms with Gasteiger partial charge < -0.3 is 19.3 Å². The number of fused-ring (bicyclic) bond motifs is 1. The molecule has 0 aliphatic rings. The molecule has 0 fully saturated rings. The van der Waals surface area contributed by atoms with E-state index in [1.807, 2.05) is 0 Å². The molecule has 2 aromatic heterocycles. The van der Waals surface area contributed by atoms with E-state index in [4.69, 9.17) is 8.83 Å². The number of aliphatic hydroxyl groups is 1. The number of aliphatic hydroxyl groups excluding tert-OH is 1. The maximum absolute atomic E-state index is 13.1. The second kappa shape index (κ2) is 5.48. The molecule has 0 saturated heterocycles. The average molecular weight is 275 g/mol. The summed E-state index contributed by atoms with van der Waals surface area (Å²) in [6.45, 7) is 0.799. The van der Waals surface area contributed by atoms with Gasteiger partial charge in [-0.25, -0.2) is 4.39 Å². The van der Waals surface area contributed by atoms with Crippen LogP contribution in [0.4, 0.5) is 4.39 Å². The van der Waals surface area contributed by atoms with Crippen molar-refractivity contribution < 1.29 is 18.3 Å². The lowest BCUT2D eigenvalue weighted by Crippen LogP contribution is -2.20. The second-order valence-corrected chi connectivity index (χ2v) is 4.56. The molecule has 0 radical (unpaired) electrons. The summed E-state index contributed by atoms with van der Waals surface area (Å²) in [7, 11) is 0. The monoisotopic (exact) mass is 275 g/mol. The van der Waals surface area contributed by atoms with E-state index in [-0.39, 0.29) is 5.82 Å². The highest BCUT2D eigenvalue weighted by Gasteiger charge is 2.10. The molecular weight excluding hydrogens is 261 g/mol. The summed E-state index contributed by atoms with van der Waals surface area (Å²) < 4.78 is 23.7. The number of hydrogen-bond donors (Lipinski definition) is 2. The molecule has 5 heteroatoms. The molecule has 2 N–H and O–H groups in total. The first kappa shape index (κ1) is 12.9. The Kier molecular flexibility index (Phi) is 3.54. The zero-order valence-corrected chi connectivity index (χ0v) is 10.7. The van der Waals surface area contributed by atoms with Gasteiger partial charge in [-0.3, -0.25) is 0 Å². The zero-order chi connectivity index (χ0) is 13.9. The highest BCUT2D eigenvalue weighted by Crippen LogP contribution is 2.20. The van der Waals surface area contributed by atoms with Crippen molar-refractivity contribution in [1.82, 2.24) is 5.32 Å². The summed E-state index contributed by atoms with van der Waals surface area (Å²) >= 11 is 0. The standard InChI is InChI=1S/C15H14FNO3/c16-11-3-4-14-10(6-11)7-12(20-14)8-17-9-13(18)15-2-1-5-19-15/h1-7,13,17-18H,8-9H2. The predicted molar refractivity (Wildman–Crippen MR) is 71.5 cm³/mol. The van der Waals surface area contributed by atoms with Crippen LogP contribution >= 0.6 is 0 Å². The fourth-order valence-electron chi connectivity index (χ4n) is 2.07. The van der Waals surface area contributed by atoms with Crippen LogP contribution in [0.25, 0.3) is 11.0 Å². The van der Waals surface area contributed by atoms with Gasteiger partial charge in [-0.2, -0.15) is 0 Å². The SMILES string of the molecule is OC(CNCc1cc2cc(F)ccc2o1)c1ccco1. The Morgan fingerprint density at radius 3 is 2.95 bits per heavy atom. The van der Waals surface area contributed by atoms with Gasteiger partial charge in [0.15, 0.2) is 0 Å². The fourth-order valence-corrected chi connectivity index (χ4v) is 2.07. The molecular formula is C15H14FNO3. The Bertz CT molecular complexity index is 690. The van der Waals surface area contributed by atoms with Crippen LogP contribution in [0.2, 0.25) is 0 Å². The van der Waals surface area contributed by atoms with Crippen molar-refractivity contribution in [2.24, 2.45) is 0 Å². The van der Waals surface area contributed by atoms with Crippen LogP contribution in [0.1, 0.15) is 17.6 Å². The maximum Gasteiger partial charge on any atom is 0.134 e. The van der Waals surface area contributed by atoms with Crippen LogP contribution in [0, 0.1) is 5.82 Å². The van der Waals surface area contributed by atoms with Gasteiger partial charge in [0.1, 0.15) is 29.0 Å². The summed E-state index contributed by atoms with van der Waals surface area (Å²) in [4.78, 5) is 0. The van der Waals surface area contributed by atoms with Crippen LogP contribution in [0.15, 0.2) is 51.5 Å². The third-order valence-electron chi connectivity index (χ3n) is 3.04. The van der Waals surface area contributed by atoms with E-state index in [1.165, 1.54) is 18.4 Å². The third kappa shape index (κ3) is 2.74. The van der Waals surface area contributed by atoms with Gasteiger partial charge in [-0.05, 0) is 36.4 Å². The first-order valence-electron chi connectivity index (χ1n) is 6.32. The van der Waals surface area contributed by atoms with Gasteiger partial charge >= 0.3 is 0 Å². The molecule has 1 unspecified atom stereocenters. The molecule has 0 spiro atoms. The summed E-state index contributed by atoms with van der Waals surface area (Å²) in [6.07, 6.45) is 0.818. The number of halogens is 1. The summed E-state index contributed by atoms with van der Waals surface area (Å²) in [5.74, 6) is 0.924. The zero-order valence-electron chi connectivity index (χ0n) is 10.7. The van der Waals surface area contributed by atoms with Crippen LogP contribution in [-0.4, -0.2) is 11.7 Å². The lowest BCUT2D eigenvalue weighted by Gasteiger charge is -2.07. The summed E-state index contributed by atoms with van der Waals surface area (Å²) in [6, 6.07) is 9.63. The maximum atomic E-state index is 13.1. The molecule has 104 valence electrons. The van der Waals surface area contributed by atoms with E-state index in [0.717, 1.165) is 5.39 Å². The van der Waals surface area contributed by atoms with Crippen LogP contribution < -0.4 is 5.32 Å². The van der Waals surface area contributed by atoms with Crippen molar-refractivity contribution in [2.45, 2.75) is 12.6 Å². The first-order valence-corrected chi connectivity index (χ1v) is 6.32. The van der Waals surface area contributed by atoms with Gasteiger partial charge in [0, 0.05) is 11.9 Å². The van der Waals surface area contributed by atoms with Gasteiger partial charge in [-0.1, -0.05) is 0 Å². The van der Waals surface area contributed by atoms with Gasteiger partial charge in [0.05, 0.1) is 12.8 Å². The topological polar surface area (TPSA) is 58.5 Å². The van der Waals surface area contributed by atoms with Crippen molar-refractivity contribution in [3.05, 3.63) is 60.0 Å². The first-order chi connectivity index (χ1) is 9.72. The quantitative estimate of drug-likeness (QED) is 0.751. The molecule has 1 atom stereocenters. The smallest absolute Gasteiger partial charge is 0.134 e. The minimum absolute atomic E-state index is 0.286. The minimum Gasteiger partial charge on any atom is -0.467 e.